The normalized spacial score (nSPS) is 12.0. The summed E-state index contributed by atoms with van der Waals surface area (Å²) in [5, 5.41) is 10.9. The van der Waals surface area contributed by atoms with Crippen LogP contribution in [-0.2, 0) is 5.41 Å². The van der Waals surface area contributed by atoms with E-state index in [2.05, 4.69) is 50.8 Å². The van der Waals surface area contributed by atoms with Gasteiger partial charge >= 0.3 is 0 Å². The molecular formula is C26H26O2. The highest BCUT2D eigenvalue weighted by Gasteiger charge is 2.25. The Hall–Kier alpha value is -3.02. The van der Waals surface area contributed by atoms with Crippen molar-refractivity contribution in [2.75, 3.05) is 7.11 Å². The van der Waals surface area contributed by atoms with Crippen molar-refractivity contribution in [2.24, 2.45) is 0 Å². The summed E-state index contributed by atoms with van der Waals surface area (Å²) in [6, 6.07) is 24.0. The van der Waals surface area contributed by atoms with Crippen molar-refractivity contribution >= 4 is 0 Å². The predicted molar refractivity (Wildman–Crippen MR) is 115 cm³/mol. The first-order valence-electron chi connectivity index (χ1n) is 9.42. The molecule has 3 aromatic carbocycles. The largest absolute Gasteiger partial charge is 0.496 e. The molecule has 0 aliphatic carbocycles. The minimum absolute atomic E-state index is 0.141. The standard InChI is InChI=1S/C26H26O2/c1-26(2,3)23-18-21(20-13-9-6-10-14-20)17-22(25(23)28-4)24(27)16-15-19-11-7-5-8-12-19/h5-14,17-18,24,27H,1-4H3. The first-order valence-corrected chi connectivity index (χ1v) is 9.42. The van der Waals surface area contributed by atoms with Crippen LogP contribution < -0.4 is 4.74 Å². The summed E-state index contributed by atoms with van der Waals surface area (Å²) in [5.41, 5.74) is 4.61. The van der Waals surface area contributed by atoms with Gasteiger partial charge in [-0.3, -0.25) is 0 Å². The number of rotatable bonds is 3. The predicted octanol–water partition coefficient (Wildman–Crippen LogP) is 5.74. The third-order valence-electron chi connectivity index (χ3n) is 4.66. The Morgan fingerprint density at radius 3 is 2.04 bits per heavy atom. The SMILES string of the molecule is COc1c(C(O)C#Cc2ccccc2)cc(-c2ccccc2)cc1C(C)(C)C. The zero-order chi connectivity index (χ0) is 20.1. The van der Waals surface area contributed by atoms with E-state index in [0.29, 0.717) is 11.3 Å². The first kappa shape index (κ1) is 19.7. The Kier molecular flexibility index (Phi) is 5.87. The van der Waals surface area contributed by atoms with Gasteiger partial charge in [0.05, 0.1) is 7.11 Å². The fourth-order valence-corrected chi connectivity index (χ4v) is 3.19. The van der Waals surface area contributed by atoms with Crippen molar-refractivity contribution in [3.05, 3.63) is 89.5 Å². The van der Waals surface area contributed by atoms with E-state index >= 15 is 0 Å². The summed E-state index contributed by atoms with van der Waals surface area (Å²) in [6.07, 6.45) is -0.945. The molecule has 1 unspecified atom stereocenters. The molecule has 2 nitrogen and oxygen atoms in total. The fraction of sp³-hybridized carbons (Fsp3) is 0.231. The number of benzene rings is 3. The van der Waals surface area contributed by atoms with Gasteiger partial charge in [-0.15, -0.1) is 0 Å². The Morgan fingerprint density at radius 1 is 0.857 bits per heavy atom. The van der Waals surface area contributed by atoms with Crippen molar-refractivity contribution in [2.45, 2.75) is 32.3 Å². The van der Waals surface area contributed by atoms with E-state index in [-0.39, 0.29) is 5.41 Å². The molecule has 0 saturated heterocycles. The third-order valence-corrected chi connectivity index (χ3v) is 4.66. The van der Waals surface area contributed by atoms with E-state index in [0.717, 1.165) is 22.3 Å². The average molecular weight is 370 g/mol. The molecule has 0 radical (unpaired) electrons. The number of aliphatic hydroxyl groups excluding tert-OH is 1. The van der Waals surface area contributed by atoms with Crippen LogP contribution in [0.2, 0.25) is 0 Å². The Morgan fingerprint density at radius 2 is 1.46 bits per heavy atom. The van der Waals surface area contributed by atoms with E-state index in [1.54, 1.807) is 7.11 Å². The molecule has 2 heteroatoms. The Balaban J connectivity index is 2.14. The summed E-state index contributed by atoms with van der Waals surface area (Å²) in [5.74, 6) is 6.73. The first-order chi connectivity index (χ1) is 13.4. The second kappa shape index (κ2) is 8.33. The number of ether oxygens (including phenoxy) is 1. The maximum Gasteiger partial charge on any atom is 0.144 e. The summed E-state index contributed by atoms with van der Waals surface area (Å²) >= 11 is 0. The molecule has 0 aromatic heterocycles. The second-order valence-electron chi connectivity index (χ2n) is 7.80. The molecule has 3 rings (SSSR count). The number of hydrogen-bond donors (Lipinski definition) is 1. The molecule has 0 heterocycles. The minimum atomic E-state index is -0.945. The lowest BCUT2D eigenvalue weighted by Gasteiger charge is -2.26. The molecule has 0 spiro atoms. The zero-order valence-electron chi connectivity index (χ0n) is 16.9. The van der Waals surface area contributed by atoms with E-state index in [1.165, 1.54) is 0 Å². The summed E-state index contributed by atoms with van der Waals surface area (Å²) in [4.78, 5) is 0. The van der Waals surface area contributed by atoms with E-state index in [9.17, 15) is 5.11 Å². The van der Waals surface area contributed by atoms with Crippen LogP contribution in [0.3, 0.4) is 0 Å². The smallest absolute Gasteiger partial charge is 0.144 e. The zero-order valence-corrected chi connectivity index (χ0v) is 16.9. The van der Waals surface area contributed by atoms with Gasteiger partial charge in [-0.25, -0.2) is 0 Å². The molecule has 1 N–H and O–H groups in total. The topological polar surface area (TPSA) is 29.5 Å². The lowest BCUT2D eigenvalue weighted by Crippen LogP contribution is -2.15. The molecule has 0 aliphatic rings. The molecule has 0 saturated carbocycles. The molecule has 1 atom stereocenters. The Labute approximate surface area is 167 Å². The molecule has 3 aromatic rings. The Bertz CT molecular complexity index is 988. The molecular weight excluding hydrogens is 344 g/mol. The van der Waals surface area contributed by atoms with Crippen molar-refractivity contribution in [1.82, 2.24) is 0 Å². The number of aliphatic hydroxyl groups is 1. The van der Waals surface area contributed by atoms with Crippen molar-refractivity contribution < 1.29 is 9.84 Å². The van der Waals surface area contributed by atoms with Crippen LogP contribution in [0.5, 0.6) is 5.75 Å². The van der Waals surface area contributed by atoms with Crippen LogP contribution >= 0.6 is 0 Å². The minimum Gasteiger partial charge on any atom is -0.496 e. The van der Waals surface area contributed by atoms with Gasteiger partial charge in [-0.05, 0) is 40.8 Å². The quantitative estimate of drug-likeness (QED) is 0.595. The molecule has 0 aliphatic heterocycles. The summed E-state index contributed by atoms with van der Waals surface area (Å²) < 4.78 is 5.74. The molecule has 142 valence electrons. The van der Waals surface area contributed by atoms with Crippen LogP contribution in [0.1, 0.15) is 43.6 Å². The van der Waals surface area contributed by atoms with E-state index < -0.39 is 6.10 Å². The van der Waals surface area contributed by atoms with Crippen molar-refractivity contribution in [3.63, 3.8) is 0 Å². The van der Waals surface area contributed by atoms with Gasteiger partial charge in [0.25, 0.3) is 0 Å². The van der Waals surface area contributed by atoms with E-state index in [1.807, 2.05) is 54.6 Å². The molecule has 0 fully saturated rings. The lowest BCUT2D eigenvalue weighted by molar-refractivity contribution is 0.231. The van der Waals surface area contributed by atoms with Crippen LogP contribution in [-0.4, -0.2) is 12.2 Å². The highest BCUT2D eigenvalue weighted by molar-refractivity contribution is 5.69. The van der Waals surface area contributed by atoms with Crippen LogP contribution in [0.15, 0.2) is 72.8 Å². The maximum atomic E-state index is 10.9. The van der Waals surface area contributed by atoms with Gasteiger partial charge < -0.3 is 9.84 Å². The highest BCUT2D eigenvalue weighted by atomic mass is 16.5. The third kappa shape index (κ3) is 4.44. The maximum absolute atomic E-state index is 10.9. The number of methoxy groups -OCH3 is 1. The van der Waals surface area contributed by atoms with Crippen LogP contribution in [0.4, 0.5) is 0 Å². The second-order valence-corrected chi connectivity index (χ2v) is 7.80. The van der Waals surface area contributed by atoms with Crippen molar-refractivity contribution in [1.29, 1.82) is 0 Å². The molecule has 28 heavy (non-hydrogen) atoms. The van der Waals surface area contributed by atoms with Crippen LogP contribution in [0.25, 0.3) is 11.1 Å². The van der Waals surface area contributed by atoms with Gasteiger partial charge in [0, 0.05) is 16.7 Å². The molecule has 0 bridgehead atoms. The van der Waals surface area contributed by atoms with Gasteiger partial charge in [-0.1, -0.05) is 81.1 Å². The van der Waals surface area contributed by atoms with Gasteiger partial charge in [-0.2, -0.15) is 0 Å². The summed E-state index contributed by atoms with van der Waals surface area (Å²) in [6.45, 7) is 6.43. The summed E-state index contributed by atoms with van der Waals surface area (Å²) in [7, 11) is 1.65. The van der Waals surface area contributed by atoms with Crippen molar-refractivity contribution in [3.8, 4) is 28.7 Å². The van der Waals surface area contributed by atoms with Crippen LogP contribution in [0, 0.1) is 11.8 Å². The lowest BCUT2D eigenvalue weighted by atomic mass is 9.82. The highest BCUT2D eigenvalue weighted by Crippen LogP contribution is 2.40. The number of hydrogen-bond acceptors (Lipinski definition) is 2. The fourth-order valence-electron chi connectivity index (χ4n) is 3.19. The van der Waals surface area contributed by atoms with E-state index in [4.69, 9.17) is 4.74 Å². The average Bonchev–Trinajstić information content (AvgIpc) is 2.71. The van der Waals surface area contributed by atoms with Gasteiger partial charge in [0.1, 0.15) is 11.9 Å². The van der Waals surface area contributed by atoms with Gasteiger partial charge in [0.2, 0.25) is 0 Å². The van der Waals surface area contributed by atoms with Gasteiger partial charge in [0.15, 0.2) is 0 Å². The molecule has 0 amide bonds. The monoisotopic (exact) mass is 370 g/mol.